The van der Waals surface area contributed by atoms with Crippen molar-refractivity contribution in [2.75, 3.05) is 21.3 Å². The number of hydrogen-bond acceptors (Lipinski definition) is 7. The topological polar surface area (TPSA) is 112 Å². The van der Waals surface area contributed by atoms with Gasteiger partial charge in [-0.25, -0.2) is 5.43 Å². The van der Waals surface area contributed by atoms with Gasteiger partial charge in [-0.3, -0.25) is 14.9 Å². The molecule has 0 bridgehead atoms. The molecule has 0 aliphatic carbocycles. The quantitative estimate of drug-likeness (QED) is 0.461. The monoisotopic (exact) mass is 359 g/mol. The standard InChI is InChI=1S/C17H17N3O6/c1-24-14-8-12(9-15(25-2)16(14)26-3)17(21)19-18-10-11-6-4-5-7-13(11)20(22)23/h4-10H,1-3H3,(H,19,21)/b18-10+. The van der Waals surface area contributed by atoms with Crippen LogP contribution in [0.2, 0.25) is 0 Å². The number of para-hydroxylation sites is 1. The summed E-state index contributed by atoms with van der Waals surface area (Å²) in [5, 5.41) is 14.7. The number of nitro benzene ring substituents is 1. The van der Waals surface area contributed by atoms with Crippen molar-refractivity contribution in [1.29, 1.82) is 0 Å². The van der Waals surface area contributed by atoms with Crippen LogP contribution >= 0.6 is 0 Å². The van der Waals surface area contributed by atoms with E-state index in [1.807, 2.05) is 0 Å². The Bertz CT molecular complexity index is 825. The van der Waals surface area contributed by atoms with Crippen molar-refractivity contribution in [3.05, 3.63) is 57.6 Å². The fourth-order valence-corrected chi connectivity index (χ4v) is 2.20. The van der Waals surface area contributed by atoms with Gasteiger partial charge in [0.25, 0.3) is 11.6 Å². The van der Waals surface area contributed by atoms with E-state index in [0.29, 0.717) is 17.2 Å². The first-order valence-corrected chi connectivity index (χ1v) is 7.38. The summed E-state index contributed by atoms with van der Waals surface area (Å²) in [7, 11) is 4.33. The van der Waals surface area contributed by atoms with Crippen molar-refractivity contribution < 1.29 is 23.9 Å². The van der Waals surface area contributed by atoms with Crippen molar-refractivity contribution in [1.82, 2.24) is 5.43 Å². The van der Waals surface area contributed by atoms with Gasteiger partial charge in [0.15, 0.2) is 11.5 Å². The number of hydrogen-bond donors (Lipinski definition) is 1. The molecule has 1 amide bonds. The molecule has 0 aliphatic heterocycles. The number of ether oxygens (including phenoxy) is 3. The van der Waals surface area contributed by atoms with Gasteiger partial charge in [-0.05, 0) is 18.2 Å². The van der Waals surface area contributed by atoms with Crippen LogP contribution in [0.3, 0.4) is 0 Å². The number of carbonyl (C=O) groups is 1. The summed E-state index contributed by atoms with van der Waals surface area (Å²) in [4.78, 5) is 22.7. The molecule has 9 nitrogen and oxygen atoms in total. The van der Waals surface area contributed by atoms with E-state index in [-0.39, 0.29) is 16.8 Å². The summed E-state index contributed by atoms with van der Waals surface area (Å²) >= 11 is 0. The molecular formula is C17H17N3O6. The molecule has 1 N–H and O–H groups in total. The third kappa shape index (κ3) is 4.07. The minimum Gasteiger partial charge on any atom is -0.493 e. The Hall–Kier alpha value is -3.62. The molecule has 0 spiro atoms. The van der Waals surface area contributed by atoms with Gasteiger partial charge in [0.2, 0.25) is 5.75 Å². The van der Waals surface area contributed by atoms with Gasteiger partial charge in [-0.1, -0.05) is 12.1 Å². The van der Waals surface area contributed by atoms with Gasteiger partial charge in [0.05, 0.1) is 38.0 Å². The Morgan fingerprint density at radius 1 is 1.12 bits per heavy atom. The highest BCUT2D eigenvalue weighted by molar-refractivity contribution is 5.96. The summed E-state index contributed by atoms with van der Waals surface area (Å²) in [6, 6.07) is 8.99. The normalized spacial score (nSPS) is 10.4. The number of nitrogens with zero attached hydrogens (tertiary/aromatic N) is 2. The highest BCUT2D eigenvalue weighted by atomic mass is 16.6. The molecule has 0 fully saturated rings. The van der Waals surface area contributed by atoms with E-state index in [1.165, 1.54) is 51.8 Å². The molecule has 136 valence electrons. The largest absolute Gasteiger partial charge is 0.493 e. The molecule has 2 aromatic rings. The predicted molar refractivity (Wildman–Crippen MR) is 94.3 cm³/mol. The summed E-state index contributed by atoms with van der Waals surface area (Å²) < 4.78 is 15.6. The smallest absolute Gasteiger partial charge is 0.278 e. The molecule has 0 atom stereocenters. The zero-order valence-electron chi connectivity index (χ0n) is 14.4. The van der Waals surface area contributed by atoms with Crippen LogP contribution in [0.15, 0.2) is 41.5 Å². The maximum Gasteiger partial charge on any atom is 0.278 e. The Balaban J connectivity index is 2.22. The Labute approximate surface area is 149 Å². The highest BCUT2D eigenvalue weighted by Gasteiger charge is 2.17. The number of carbonyl (C=O) groups excluding carboxylic acids is 1. The van der Waals surface area contributed by atoms with Crippen LogP contribution in [0.5, 0.6) is 17.2 Å². The molecule has 2 aromatic carbocycles. The molecule has 0 aromatic heterocycles. The van der Waals surface area contributed by atoms with Crippen molar-refractivity contribution in [3.63, 3.8) is 0 Å². The summed E-state index contributed by atoms with van der Waals surface area (Å²) in [6.07, 6.45) is 1.20. The van der Waals surface area contributed by atoms with E-state index < -0.39 is 10.8 Å². The van der Waals surface area contributed by atoms with Crippen LogP contribution in [0.25, 0.3) is 0 Å². The van der Waals surface area contributed by atoms with Crippen molar-refractivity contribution >= 4 is 17.8 Å². The second kappa shape index (κ2) is 8.47. The van der Waals surface area contributed by atoms with E-state index in [2.05, 4.69) is 10.5 Å². The Morgan fingerprint density at radius 2 is 1.73 bits per heavy atom. The fourth-order valence-electron chi connectivity index (χ4n) is 2.20. The van der Waals surface area contributed by atoms with Crippen LogP contribution in [-0.4, -0.2) is 38.4 Å². The number of benzene rings is 2. The second-order valence-corrected chi connectivity index (χ2v) is 4.93. The lowest BCUT2D eigenvalue weighted by molar-refractivity contribution is -0.385. The van der Waals surface area contributed by atoms with E-state index >= 15 is 0 Å². The van der Waals surface area contributed by atoms with E-state index in [1.54, 1.807) is 12.1 Å². The Kier molecular flexibility index (Phi) is 6.10. The lowest BCUT2D eigenvalue weighted by Crippen LogP contribution is -2.18. The number of amides is 1. The average Bonchev–Trinajstić information content (AvgIpc) is 2.66. The third-order valence-electron chi connectivity index (χ3n) is 3.43. The zero-order valence-corrected chi connectivity index (χ0v) is 14.4. The minimum absolute atomic E-state index is 0.113. The number of hydrazone groups is 1. The summed E-state index contributed by atoms with van der Waals surface area (Å²) in [6.45, 7) is 0. The first-order valence-electron chi connectivity index (χ1n) is 7.38. The minimum atomic E-state index is -0.543. The zero-order chi connectivity index (χ0) is 19.1. The maximum absolute atomic E-state index is 12.3. The van der Waals surface area contributed by atoms with Gasteiger partial charge in [-0.15, -0.1) is 0 Å². The van der Waals surface area contributed by atoms with Crippen LogP contribution in [0.1, 0.15) is 15.9 Å². The summed E-state index contributed by atoms with van der Waals surface area (Å²) in [5.74, 6) is 0.452. The van der Waals surface area contributed by atoms with Gasteiger partial charge < -0.3 is 14.2 Å². The first kappa shape index (κ1) is 18.7. The highest BCUT2D eigenvalue weighted by Crippen LogP contribution is 2.38. The van der Waals surface area contributed by atoms with Crippen molar-refractivity contribution in [2.45, 2.75) is 0 Å². The summed E-state index contributed by atoms with van der Waals surface area (Å²) in [5.41, 5.74) is 2.68. The molecule has 0 unspecified atom stereocenters. The molecule has 0 radical (unpaired) electrons. The van der Waals surface area contributed by atoms with Crippen molar-refractivity contribution in [2.24, 2.45) is 5.10 Å². The van der Waals surface area contributed by atoms with Crippen LogP contribution in [0.4, 0.5) is 5.69 Å². The number of nitrogens with one attached hydrogen (secondary N) is 1. The number of methoxy groups -OCH3 is 3. The van der Waals surface area contributed by atoms with Gasteiger partial charge in [-0.2, -0.15) is 5.10 Å². The van der Waals surface area contributed by atoms with Gasteiger partial charge in [0, 0.05) is 11.6 Å². The molecular weight excluding hydrogens is 342 g/mol. The van der Waals surface area contributed by atoms with Gasteiger partial charge in [0.1, 0.15) is 0 Å². The molecule has 9 heteroatoms. The first-order chi connectivity index (χ1) is 12.5. The Morgan fingerprint density at radius 3 is 2.27 bits per heavy atom. The number of rotatable bonds is 7. The lowest BCUT2D eigenvalue weighted by Gasteiger charge is -2.13. The average molecular weight is 359 g/mol. The SMILES string of the molecule is COc1cc(C(=O)N/N=C/c2ccccc2[N+](=O)[O-])cc(OC)c1OC. The molecule has 0 heterocycles. The number of nitro groups is 1. The van der Waals surface area contributed by atoms with Gasteiger partial charge >= 0.3 is 0 Å². The molecule has 26 heavy (non-hydrogen) atoms. The van der Waals surface area contributed by atoms with Crippen molar-refractivity contribution in [3.8, 4) is 17.2 Å². The third-order valence-corrected chi connectivity index (χ3v) is 3.43. The van der Waals surface area contributed by atoms with Crippen LogP contribution < -0.4 is 19.6 Å². The van der Waals surface area contributed by atoms with E-state index in [0.717, 1.165) is 0 Å². The molecule has 0 saturated carbocycles. The fraction of sp³-hybridized carbons (Fsp3) is 0.176. The molecule has 0 saturated heterocycles. The van der Waals surface area contributed by atoms with E-state index in [9.17, 15) is 14.9 Å². The van der Waals surface area contributed by atoms with E-state index in [4.69, 9.17) is 14.2 Å². The lowest BCUT2D eigenvalue weighted by atomic mass is 10.1. The van der Waals surface area contributed by atoms with Crippen LogP contribution in [0, 0.1) is 10.1 Å². The molecule has 0 aliphatic rings. The second-order valence-electron chi connectivity index (χ2n) is 4.93. The van der Waals surface area contributed by atoms with Crippen LogP contribution in [-0.2, 0) is 0 Å². The maximum atomic E-state index is 12.3. The molecule has 2 rings (SSSR count). The predicted octanol–water partition coefficient (Wildman–Crippen LogP) is 2.38.